The summed E-state index contributed by atoms with van der Waals surface area (Å²) in [6, 6.07) is 9.18. The summed E-state index contributed by atoms with van der Waals surface area (Å²) >= 11 is 0. The number of hydrogen-bond donors (Lipinski definition) is 1. The van der Waals surface area contributed by atoms with Gasteiger partial charge in [-0.25, -0.2) is 4.68 Å². The zero-order valence-corrected chi connectivity index (χ0v) is 14.9. The van der Waals surface area contributed by atoms with E-state index >= 15 is 0 Å². The van der Waals surface area contributed by atoms with Crippen LogP contribution in [0, 0.1) is 0 Å². The van der Waals surface area contributed by atoms with E-state index in [9.17, 15) is 9.59 Å². The third-order valence-electron chi connectivity index (χ3n) is 4.22. The van der Waals surface area contributed by atoms with Crippen LogP contribution in [0.4, 0.5) is 5.69 Å². The molecule has 0 spiro atoms. The van der Waals surface area contributed by atoms with Crippen molar-refractivity contribution < 1.29 is 9.53 Å². The van der Waals surface area contributed by atoms with Crippen LogP contribution in [0.3, 0.4) is 0 Å². The Morgan fingerprint density at radius 1 is 1.19 bits per heavy atom. The van der Waals surface area contributed by atoms with Gasteiger partial charge < -0.3 is 15.0 Å². The molecule has 136 valence electrons. The number of carbonyl (C=O) groups excluding carboxylic acids is 1. The predicted octanol–water partition coefficient (Wildman–Crippen LogP) is 1.38. The number of nitrogens with zero attached hydrogens (tertiary/aromatic N) is 3. The lowest BCUT2D eigenvalue weighted by Gasteiger charge is -2.30. The second kappa shape index (κ2) is 7.97. The fourth-order valence-corrected chi connectivity index (χ4v) is 2.90. The molecule has 26 heavy (non-hydrogen) atoms. The fraction of sp³-hybridized carbons (Fsp3) is 0.316. The molecule has 0 aliphatic carbocycles. The van der Waals surface area contributed by atoms with Crippen LogP contribution in [0.1, 0.15) is 17.4 Å². The highest BCUT2D eigenvalue weighted by Crippen LogP contribution is 2.24. The van der Waals surface area contributed by atoms with Crippen LogP contribution < -0.4 is 15.6 Å². The van der Waals surface area contributed by atoms with Gasteiger partial charge in [-0.15, -0.1) is 0 Å². The molecule has 7 heteroatoms. The second-order valence-electron chi connectivity index (χ2n) is 6.01. The molecular formula is C19H22N4O3. The first kappa shape index (κ1) is 17.9. The minimum atomic E-state index is -0.390. The van der Waals surface area contributed by atoms with Gasteiger partial charge in [-0.1, -0.05) is 12.1 Å². The number of ether oxygens (including phenoxy) is 1. The molecule has 1 aromatic heterocycles. The lowest BCUT2D eigenvalue weighted by Crippen LogP contribution is -2.37. The molecule has 1 fully saturated rings. The van der Waals surface area contributed by atoms with Crippen LogP contribution in [0.5, 0.6) is 0 Å². The Morgan fingerprint density at radius 2 is 1.88 bits per heavy atom. The van der Waals surface area contributed by atoms with E-state index in [2.05, 4.69) is 15.3 Å². The number of rotatable bonds is 5. The van der Waals surface area contributed by atoms with E-state index < -0.39 is 0 Å². The Labute approximate surface area is 151 Å². The third kappa shape index (κ3) is 3.67. The first-order chi connectivity index (χ1) is 12.6. The molecular weight excluding hydrogens is 332 g/mol. The van der Waals surface area contributed by atoms with Crippen LogP contribution in [-0.2, 0) is 4.74 Å². The highest BCUT2D eigenvalue weighted by atomic mass is 16.5. The van der Waals surface area contributed by atoms with Gasteiger partial charge in [-0.2, -0.15) is 5.10 Å². The van der Waals surface area contributed by atoms with E-state index in [0.717, 1.165) is 24.5 Å². The summed E-state index contributed by atoms with van der Waals surface area (Å²) in [5.74, 6) is -0.387. The molecule has 2 aromatic rings. The molecule has 3 rings (SSSR count). The van der Waals surface area contributed by atoms with Gasteiger partial charge in [0.2, 0.25) is 11.2 Å². The van der Waals surface area contributed by atoms with E-state index in [4.69, 9.17) is 4.74 Å². The highest BCUT2D eigenvalue weighted by Gasteiger charge is 2.18. The molecule has 0 saturated carbocycles. The van der Waals surface area contributed by atoms with E-state index in [1.54, 1.807) is 31.1 Å². The molecule has 1 aliphatic heterocycles. The number of anilines is 1. The Hall–Kier alpha value is -2.93. The van der Waals surface area contributed by atoms with Gasteiger partial charge in [-0.3, -0.25) is 9.59 Å². The number of morpholine rings is 1. The van der Waals surface area contributed by atoms with Crippen molar-refractivity contribution in [2.75, 3.05) is 38.3 Å². The highest BCUT2D eigenvalue weighted by molar-refractivity contribution is 6.06. The van der Waals surface area contributed by atoms with Gasteiger partial charge in [0.15, 0.2) is 5.69 Å². The average Bonchev–Trinajstić information content (AvgIpc) is 2.69. The largest absolute Gasteiger partial charge is 0.394 e. The minimum Gasteiger partial charge on any atom is -0.394 e. The summed E-state index contributed by atoms with van der Waals surface area (Å²) in [6.07, 6.45) is 3.15. The standard InChI is InChI=1S/C19H22N4O3/c1-14(13-20-2)19(25)18-17(24)7-8-23(21-18)16-6-4-3-5-15(16)22-9-11-26-12-10-22/h3-8,13,20H,9-12H2,1-2H3/b14-13+. The molecule has 0 atom stereocenters. The average molecular weight is 354 g/mol. The molecule has 0 unspecified atom stereocenters. The number of nitrogens with one attached hydrogen (secondary N) is 1. The minimum absolute atomic E-state index is 0.0896. The Bertz CT molecular complexity index is 882. The van der Waals surface area contributed by atoms with E-state index in [-0.39, 0.29) is 16.9 Å². The Morgan fingerprint density at radius 3 is 2.58 bits per heavy atom. The van der Waals surface area contributed by atoms with Gasteiger partial charge in [0.1, 0.15) is 0 Å². The van der Waals surface area contributed by atoms with Crippen LogP contribution >= 0.6 is 0 Å². The maximum Gasteiger partial charge on any atom is 0.214 e. The Balaban J connectivity index is 2.03. The summed E-state index contributed by atoms with van der Waals surface area (Å²) in [4.78, 5) is 26.9. The van der Waals surface area contributed by atoms with Crippen LogP contribution in [-0.4, -0.2) is 48.9 Å². The first-order valence-corrected chi connectivity index (χ1v) is 8.52. The monoisotopic (exact) mass is 354 g/mol. The van der Waals surface area contributed by atoms with Crippen molar-refractivity contribution >= 4 is 11.5 Å². The topological polar surface area (TPSA) is 76.5 Å². The quantitative estimate of drug-likeness (QED) is 0.646. The first-order valence-electron chi connectivity index (χ1n) is 8.52. The van der Waals surface area contributed by atoms with Crippen LogP contribution in [0.15, 0.2) is 53.1 Å². The molecule has 1 saturated heterocycles. The zero-order valence-electron chi connectivity index (χ0n) is 14.9. The van der Waals surface area contributed by atoms with Crippen molar-refractivity contribution in [1.29, 1.82) is 0 Å². The zero-order chi connectivity index (χ0) is 18.5. The lowest BCUT2D eigenvalue weighted by molar-refractivity contribution is 0.102. The summed E-state index contributed by atoms with van der Waals surface area (Å²) in [6.45, 7) is 4.56. The van der Waals surface area contributed by atoms with Gasteiger partial charge in [0, 0.05) is 44.2 Å². The number of hydrogen-bond acceptors (Lipinski definition) is 6. The van der Waals surface area contributed by atoms with Gasteiger partial charge in [-0.05, 0) is 19.1 Å². The normalized spacial score (nSPS) is 15.0. The molecule has 1 aliphatic rings. The molecule has 0 bridgehead atoms. The van der Waals surface area contributed by atoms with Crippen LogP contribution in [0.2, 0.25) is 0 Å². The second-order valence-corrected chi connectivity index (χ2v) is 6.01. The molecule has 7 nitrogen and oxygen atoms in total. The van der Waals surface area contributed by atoms with E-state index in [1.807, 2.05) is 24.3 Å². The van der Waals surface area contributed by atoms with Crippen molar-refractivity contribution in [2.45, 2.75) is 6.92 Å². The maximum atomic E-state index is 12.5. The summed E-state index contributed by atoms with van der Waals surface area (Å²) in [5.41, 5.74) is 1.76. The Kier molecular flexibility index (Phi) is 5.48. The fourth-order valence-electron chi connectivity index (χ4n) is 2.90. The third-order valence-corrected chi connectivity index (χ3v) is 4.22. The van der Waals surface area contributed by atoms with Crippen molar-refractivity contribution in [2.24, 2.45) is 0 Å². The number of ketones is 1. The van der Waals surface area contributed by atoms with Crippen molar-refractivity contribution in [3.05, 3.63) is 64.2 Å². The van der Waals surface area contributed by atoms with Crippen molar-refractivity contribution in [3.8, 4) is 5.69 Å². The summed E-state index contributed by atoms with van der Waals surface area (Å²) < 4.78 is 7.01. The smallest absolute Gasteiger partial charge is 0.214 e. The summed E-state index contributed by atoms with van der Waals surface area (Å²) in [7, 11) is 1.70. The molecule has 0 amide bonds. The number of para-hydroxylation sites is 2. The summed E-state index contributed by atoms with van der Waals surface area (Å²) in [5, 5.41) is 7.13. The number of aromatic nitrogens is 2. The van der Waals surface area contributed by atoms with E-state index in [1.165, 1.54) is 6.07 Å². The number of benzene rings is 1. The van der Waals surface area contributed by atoms with E-state index in [0.29, 0.717) is 18.8 Å². The molecule has 2 heterocycles. The number of carbonyl (C=O) groups is 1. The molecule has 0 radical (unpaired) electrons. The predicted molar refractivity (Wildman–Crippen MR) is 100 cm³/mol. The lowest BCUT2D eigenvalue weighted by atomic mass is 10.1. The molecule has 1 aromatic carbocycles. The van der Waals surface area contributed by atoms with Crippen molar-refractivity contribution in [1.82, 2.24) is 15.1 Å². The van der Waals surface area contributed by atoms with Gasteiger partial charge in [0.25, 0.3) is 0 Å². The maximum absolute atomic E-state index is 12.5. The molecule has 1 N–H and O–H groups in total. The van der Waals surface area contributed by atoms with Gasteiger partial charge in [0.05, 0.1) is 24.6 Å². The van der Waals surface area contributed by atoms with Crippen LogP contribution in [0.25, 0.3) is 5.69 Å². The van der Waals surface area contributed by atoms with Gasteiger partial charge >= 0.3 is 0 Å². The number of Topliss-reactive ketones (excluding diaryl/α,β-unsaturated/α-hetero) is 1. The SMILES string of the molecule is CN/C=C(\C)C(=O)c1nn(-c2ccccc2N2CCOCC2)ccc1=O. The number of allylic oxidation sites excluding steroid dienone is 1. The van der Waals surface area contributed by atoms with Crippen molar-refractivity contribution in [3.63, 3.8) is 0 Å².